The van der Waals surface area contributed by atoms with Crippen LogP contribution in [-0.2, 0) is 19.1 Å². The van der Waals surface area contributed by atoms with Gasteiger partial charge < -0.3 is 15.0 Å². The van der Waals surface area contributed by atoms with Gasteiger partial charge in [-0.3, -0.25) is 28.9 Å². The summed E-state index contributed by atoms with van der Waals surface area (Å²) in [4.78, 5) is 64.2. The highest BCUT2D eigenvalue weighted by Gasteiger charge is 2.42. The summed E-state index contributed by atoms with van der Waals surface area (Å²) in [7, 11) is 0. The van der Waals surface area contributed by atoms with Gasteiger partial charge in [-0.25, -0.2) is 0 Å². The van der Waals surface area contributed by atoms with Crippen LogP contribution in [0.25, 0.3) is 0 Å². The summed E-state index contributed by atoms with van der Waals surface area (Å²) in [5, 5.41) is 2.88. The number of esters is 1. The van der Waals surface area contributed by atoms with Gasteiger partial charge in [-0.05, 0) is 38.8 Å². The summed E-state index contributed by atoms with van der Waals surface area (Å²) in [6.07, 6.45) is 1.22. The zero-order valence-electron chi connectivity index (χ0n) is 17.8. The lowest BCUT2D eigenvalue weighted by Gasteiger charge is -2.35. The van der Waals surface area contributed by atoms with E-state index in [4.69, 9.17) is 4.74 Å². The van der Waals surface area contributed by atoms with Gasteiger partial charge in [-0.1, -0.05) is 12.1 Å². The molecule has 0 saturated carbocycles. The van der Waals surface area contributed by atoms with Crippen molar-refractivity contribution in [3.05, 3.63) is 35.4 Å². The third-order valence-corrected chi connectivity index (χ3v) is 5.60. The lowest BCUT2D eigenvalue weighted by atomic mass is 10.0. The summed E-state index contributed by atoms with van der Waals surface area (Å²) in [5.74, 6) is -1.82. The predicted octanol–water partition coefficient (Wildman–Crippen LogP) is 1.12. The molecule has 1 unspecified atom stereocenters. The third kappa shape index (κ3) is 4.92. The number of imide groups is 1. The largest absolute Gasteiger partial charge is 0.466 e. The SMILES string of the molecule is CCOC(=O)CCC(=O)NC1CCN(C(=O)C(C)N2C(=O)c3ccccc3C2=O)CC1. The van der Waals surface area contributed by atoms with Crippen LogP contribution in [0.4, 0.5) is 0 Å². The third-order valence-electron chi connectivity index (χ3n) is 5.60. The number of carbonyl (C=O) groups is 5. The van der Waals surface area contributed by atoms with Crippen molar-refractivity contribution in [1.29, 1.82) is 0 Å². The van der Waals surface area contributed by atoms with E-state index in [0.29, 0.717) is 37.1 Å². The second-order valence-corrected chi connectivity index (χ2v) is 7.67. The first-order chi connectivity index (χ1) is 14.8. The summed E-state index contributed by atoms with van der Waals surface area (Å²) >= 11 is 0. The predicted molar refractivity (Wildman–Crippen MR) is 110 cm³/mol. The number of nitrogens with zero attached hydrogens (tertiary/aromatic N) is 2. The molecule has 1 aromatic rings. The normalized spacial score (nSPS) is 17.4. The molecule has 166 valence electrons. The smallest absolute Gasteiger partial charge is 0.306 e. The van der Waals surface area contributed by atoms with E-state index in [9.17, 15) is 24.0 Å². The fraction of sp³-hybridized carbons (Fsp3) is 0.500. The van der Waals surface area contributed by atoms with Gasteiger partial charge in [0.1, 0.15) is 6.04 Å². The molecule has 0 spiro atoms. The summed E-state index contributed by atoms with van der Waals surface area (Å²) in [6.45, 7) is 4.38. The van der Waals surface area contributed by atoms with E-state index in [1.165, 1.54) is 0 Å². The highest BCUT2D eigenvalue weighted by molar-refractivity contribution is 6.22. The van der Waals surface area contributed by atoms with E-state index in [1.54, 1.807) is 43.0 Å². The molecule has 1 fully saturated rings. The Morgan fingerprint density at radius 2 is 1.65 bits per heavy atom. The summed E-state index contributed by atoms with van der Waals surface area (Å²) < 4.78 is 4.81. The highest BCUT2D eigenvalue weighted by atomic mass is 16.5. The van der Waals surface area contributed by atoms with Gasteiger partial charge in [-0.2, -0.15) is 0 Å². The number of fused-ring (bicyclic) bond motifs is 1. The van der Waals surface area contributed by atoms with Crippen LogP contribution in [0.15, 0.2) is 24.3 Å². The van der Waals surface area contributed by atoms with Gasteiger partial charge in [0.25, 0.3) is 11.8 Å². The van der Waals surface area contributed by atoms with Crippen molar-refractivity contribution >= 4 is 29.6 Å². The molecule has 2 aliphatic heterocycles. The quantitative estimate of drug-likeness (QED) is 0.513. The van der Waals surface area contributed by atoms with Crippen LogP contribution in [0.5, 0.6) is 0 Å². The molecule has 1 atom stereocenters. The molecule has 3 rings (SSSR count). The lowest BCUT2D eigenvalue weighted by Crippen LogP contribution is -2.53. The molecule has 0 radical (unpaired) electrons. The second-order valence-electron chi connectivity index (χ2n) is 7.67. The molecule has 1 N–H and O–H groups in total. The van der Waals surface area contributed by atoms with Gasteiger partial charge in [0.15, 0.2) is 0 Å². The van der Waals surface area contributed by atoms with Crippen molar-refractivity contribution < 1.29 is 28.7 Å². The first-order valence-corrected chi connectivity index (χ1v) is 10.5. The number of piperidine rings is 1. The van der Waals surface area contributed by atoms with Crippen molar-refractivity contribution in [2.45, 2.75) is 51.6 Å². The molecule has 0 aromatic heterocycles. The van der Waals surface area contributed by atoms with Crippen molar-refractivity contribution in [1.82, 2.24) is 15.1 Å². The minimum absolute atomic E-state index is 0.0365. The zero-order valence-corrected chi connectivity index (χ0v) is 17.8. The number of benzene rings is 1. The Kier molecular flexibility index (Phi) is 7.04. The molecular formula is C22H27N3O6. The number of likely N-dealkylation sites (tertiary alicyclic amines) is 1. The Morgan fingerprint density at radius 1 is 1.06 bits per heavy atom. The standard InChI is InChI=1S/C22H27N3O6/c1-3-31-19(27)9-8-18(26)23-15-10-12-24(13-11-15)20(28)14(2)25-21(29)16-6-4-5-7-17(16)22(25)30/h4-7,14-15H,3,8-13H2,1-2H3,(H,23,26). The fourth-order valence-electron chi connectivity index (χ4n) is 3.93. The first kappa shape index (κ1) is 22.5. The van der Waals surface area contributed by atoms with Crippen molar-refractivity contribution in [3.63, 3.8) is 0 Å². The molecule has 4 amide bonds. The topological polar surface area (TPSA) is 113 Å². The molecule has 2 heterocycles. The van der Waals surface area contributed by atoms with Gasteiger partial charge in [0.05, 0.1) is 24.2 Å². The van der Waals surface area contributed by atoms with Crippen molar-refractivity contribution in [2.24, 2.45) is 0 Å². The number of carbonyl (C=O) groups excluding carboxylic acids is 5. The summed E-state index contributed by atoms with van der Waals surface area (Å²) in [6, 6.07) is 5.56. The average Bonchev–Trinajstić information content (AvgIpc) is 3.02. The van der Waals surface area contributed by atoms with E-state index < -0.39 is 23.8 Å². The maximum Gasteiger partial charge on any atom is 0.306 e. The molecule has 1 saturated heterocycles. The molecule has 0 aliphatic carbocycles. The van der Waals surface area contributed by atoms with Crippen molar-refractivity contribution in [2.75, 3.05) is 19.7 Å². The van der Waals surface area contributed by atoms with E-state index >= 15 is 0 Å². The Balaban J connectivity index is 1.49. The second kappa shape index (κ2) is 9.72. The lowest BCUT2D eigenvalue weighted by molar-refractivity contribution is -0.144. The maximum atomic E-state index is 12.9. The van der Waals surface area contributed by atoms with Gasteiger partial charge in [-0.15, -0.1) is 0 Å². The number of rotatable bonds is 7. The molecule has 0 bridgehead atoms. The van der Waals surface area contributed by atoms with E-state index in [0.717, 1.165) is 4.90 Å². The van der Waals surface area contributed by atoms with E-state index in [1.807, 2.05) is 0 Å². The molecule has 31 heavy (non-hydrogen) atoms. The number of hydrogen-bond donors (Lipinski definition) is 1. The van der Waals surface area contributed by atoms with Gasteiger partial charge in [0.2, 0.25) is 11.8 Å². The minimum atomic E-state index is -0.900. The Morgan fingerprint density at radius 3 is 2.19 bits per heavy atom. The fourth-order valence-corrected chi connectivity index (χ4v) is 3.93. The molecule has 9 heteroatoms. The first-order valence-electron chi connectivity index (χ1n) is 10.5. The minimum Gasteiger partial charge on any atom is -0.466 e. The van der Waals surface area contributed by atoms with E-state index in [-0.39, 0.29) is 37.3 Å². The van der Waals surface area contributed by atoms with Gasteiger partial charge in [0, 0.05) is 25.6 Å². The maximum absolute atomic E-state index is 12.9. The monoisotopic (exact) mass is 429 g/mol. The summed E-state index contributed by atoms with van der Waals surface area (Å²) in [5.41, 5.74) is 0.632. The van der Waals surface area contributed by atoms with E-state index in [2.05, 4.69) is 5.32 Å². The average molecular weight is 429 g/mol. The number of ether oxygens (including phenoxy) is 1. The van der Waals surface area contributed by atoms with Crippen LogP contribution in [0.3, 0.4) is 0 Å². The zero-order chi connectivity index (χ0) is 22.5. The van der Waals surface area contributed by atoms with Crippen LogP contribution in [0.1, 0.15) is 60.2 Å². The Labute approximate surface area is 180 Å². The van der Waals surface area contributed by atoms with Crippen LogP contribution in [0, 0.1) is 0 Å². The van der Waals surface area contributed by atoms with Crippen LogP contribution < -0.4 is 5.32 Å². The Bertz CT molecular complexity index is 856. The Hall–Kier alpha value is -3.23. The molecule has 1 aromatic carbocycles. The molecule has 2 aliphatic rings. The van der Waals surface area contributed by atoms with Crippen LogP contribution in [-0.4, -0.2) is 71.2 Å². The van der Waals surface area contributed by atoms with Crippen molar-refractivity contribution in [3.8, 4) is 0 Å². The molecule has 9 nitrogen and oxygen atoms in total. The van der Waals surface area contributed by atoms with Crippen LogP contribution in [0.2, 0.25) is 0 Å². The highest BCUT2D eigenvalue weighted by Crippen LogP contribution is 2.25. The number of amides is 4. The van der Waals surface area contributed by atoms with Crippen LogP contribution >= 0.6 is 0 Å². The number of hydrogen-bond acceptors (Lipinski definition) is 6. The number of nitrogens with one attached hydrogen (secondary N) is 1. The molecular weight excluding hydrogens is 402 g/mol. The van der Waals surface area contributed by atoms with Gasteiger partial charge >= 0.3 is 5.97 Å².